The van der Waals surface area contributed by atoms with Gasteiger partial charge in [-0.15, -0.1) is 10.2 Å². The van der Waals surface area contributed by atoms with E-state index < -0.39 is 0 Å². The summed E-state index contributed by atoms with van der Waals surface area (Å²) in [7, 11) is 0. The van der Waals surface area contributed by atoms with Gasteiger partial charge in [-0.2, -0.15) is 14.6 Å². The van der Waals surface area contributed by atoms with E-state index in [1.54, 1.807) is 35.1 Å². The van der Waals surface area contributed by atoms with Crippen molar-refractivity contribution in [3.63, 3.8) is 0 Å². The third-order valence-electron chi connectivity index (χ3n) is 3.87. The number of fused-ring (bicyclic) bond motifs is 1. The maximum absolute atomic E-state index is 13.2. The quantitative estimate of drug-likeness (QED) is 0.430. The second-order valence-corrected chi connectivity index (χ2v) is 6.65. The van der Waals surface area contributed by atoms with Gasteiger partial charge in [0.15, 0.2) is 0 Å². The molecular formula is C18H10FN7OS. The lowest BCUT2D eigenvalue weighted by molar-refractivity contribution is 0.465. The van der Waals surface area contributed by atoms with Crippen LogP contribution in [0.1, 0.15) is 0 Å². The summed E-state index contributed by atoms with van der Waals surface area (Å²) in [5.74, 6) is 0.477. The minimum atomic E-state index is -0.310. The summed E-state index contributed by atoms with van der Waals surface area (Å²) >= 11 is 1.23. The van der Waals surface area contributed by atoms with Gasteiger partial charge in [-0.05, 0) is 54.2 Å². The third kappa shape index (κ3) is 3.09. The predicted octanol–water partition coefficient (Wildman–Crippen LogP) is 3.53. The van der Waals surface area contributed by atoms with Crippen molar-refractivity contribution in [1.29, 1.82) is 0 Å². The van der Waals surface area contributed by atoms with E-state index in [0.29, 0.717) is 27.6 Å². The summed E-state index contributed by atoms with van der Waals surface area (Å²) in [4.78, 5) is 12.7. The Morgan fingerprint density at radius 3 is 2.75 bits per heavy atom. The van der Waals surface area contributed by atoms with E-state index in [-0.39, 0.29) is 5.82 Å². The number of nitrogens with zero attached hydrogens (tertiary/aromatic N) is 7. The first-order chi connectivity index (χ1) is 13.8. The van der Waals surface area contributed by atoms with Crippen LogP contribution in [0.25, 0.3) is 28.5 Å². The Morgan fingerprint density at radius 1 is 1.04 bits per heavy atom. The van der Waals surface area contributed by atoms with Crippen LogP contribution in [-0.2, 0) is 0 Å². The molecule has 0 aliphatic heterocycles. The van der Waals surface area contributed by atoms with Crippen molar-refractivity contribution in [2.75, 3.05) is 0 Å². The Balaban J connectivity index is 1.53. The molecular weight excluding hydrogens is 381 g/mol. The lowest BCUT2D eigenvalue weighted by Gasteiger charge is -2.05. The molecule has 0 aliphatic carbocycles. The highest BCUT2D eigenvalue weighted by atomic mass is 32.2. The van der Waals surface area contributed by atoms with Crippen LogP contribution in [-0.4, -0.2) is 34.8 Å². The molecule has 136 valence electrons. The van der Waals surface area contributed by atoms with E-state index in [1.807, 2.05) is 12.1 Å². The Bertz CT molecular complexity index is 1250. The molecule has 5 rings (SSSR count). The van der Waals surface area contributed by atoms with Gasteiger partial charge >= 0.3 is 0 Å². The molecule has 5 aromatic rings. The van der Waals surface area contributed by atoms with Crippen LogP contribution in [0.4, 0.5) is 4.39 Å². The molecule has 0 fully saturated rings. The van der Waals surface area contributed by atoms with Crippen LogP contribution in [0.2, 0.25) is 0 Å². The van der Waals surface area contributed by atoms with E-state index in [2.05, 4.69) is 30.2 Å². The maximum Gasteiger partial charge on any atom is 0.283 e. The zero-order valence-electron chi connectivity index (χ0n) is 14.1. The number of rotatable bonds is 4. The first kappa shape index (κ1) is 16.5. The maximum atomic E-state index is 13.2. The molecule has 0 atom stereocenters. The fraction of sp³-hybridized carbons (Fsp3) is 0. The Labute approximate surface area is 161 Å². The molecule has 0 spiro atoms. The Kier molecular flexibility index (Phi) is 4.02. The van der Waals surface area contributed by atoms with Gasteiger partial charge < -0.3 is 4.42 Å². The van der Waals surface area contributed by atoms with E-state index in [1.165, 1.54) is 30.2 Å². The minimum Gasteiger partial charge on any atom is -0.411 e. The number of benzene rings is 1. The van der Waals surface area contributed by atoms with Crippen LogP contribution in [0.3, 0.4) is 0 Å². The van der Waals surface area contributed by atoms with Gasteiger partial charge in [0.05, 0.1) is 11.3 Å². The SMILES string of the molecule is Fc1ccc(-c2cc(Sc3nnc(-c4cccnc4)o3)n3ncnc3n2)cc1. The highest BCUT2D eigenvalue weighted by Crippen LogP contribution is 2.31. The molecule has 0 saturated carbocycles. The van der Waals surface area contributed by atoms with E-state index >= 15 is 0 Å². The molecule has 10 heteroatoms. The summed E-state index contributed by atoms with van der Waals surface area (Å²) in [6.45, 7) is 0. The second-order valence-electron chi connectivity index (χ2n) is 5.68. The van der Waals surface area contributed by atoms with Crippen LogP contribution >= 0.6 is 11.8 Å². The molecule has 4 heterocycles. The second kappa shape index (κ2) is 6.82. The lowest BCUT2D eigenvalue weighted by Crippen LogP contribution is -1.97. The van der Waals surface area contributed by atoms with Gasteiger partial charge in [-0.3, -0.25) is 4.98 Å². The summed E-state index contributed by atoms with van der Waals surface area (Å²) in [5, 5.41) is 13.4. The molecule has 28 heavy (non-hydrogen) atoms. The van der Waals surface area contributed by atoms with Crippen molar-refractivity contribution >= 4 is 17.5 Å². The van der Waals surface area contributed by atoms with Crippen LogP contribution in [0.5, 0.6) is 0 Å². The number of hydrogen-bond donors (Lipinski definition) is 0. The molecule has 0 amide bonds. The molecule has 4 aromatic heterocycles. The normalized spacial score (nSPS) is 11.2. The zero-order valence-corrected chi connectivity index (χ0v) is 14.9. The van der Waals surface area contributed by atoms with Crippen molar-refractivity contribution in [3.05, 3.63) is 67.0 Å². The van der Waals surface area contributed by atoms with Gasteiger partial charge in [0.2, 0.25) is 5.89 Å². The smallest absolute Gasteiger partial charge is 0.283 e. The van der Waals surface area contributed by atoms with Crippen molar-refractivity contribution in [3.8, 4) is 22.7 Å². The van der Waals surface area contributed by atoms with E-state index in [0.717, 1.165) is 11.1 Å². The minimum absolute atomic E-state index is 0.310. The molecule has 0 bridgehead atoms. The molecule has 0 unspecified atom stereocenters. The van der Waals surface area contributed by atoms with E-state index in [4.69, 9.17) is 4.42 Å². The fourth-order valence-corrected chi connectivity index (χ4v) is 3.34. The topological polar surface area (TPSA) is 94.9 Å². The molecule has 8 nitrogen and oxygen atoms in total. The monoisotopic (exact) mass is 391 g/mol. The van der Waals surface area contributed by atoms with Gasteiger partial charge in [0.1, 0.15) is 17.2 Å². The predicted molar refractivity (Wildman–Crippen MR) is 97.8 cm³/mol. The van der Waals surface area contributed by atoms with Crippen LogP contribution in [0.15, 0.2) is 75.9 Å². The molecule has 1 aromatic carbocycles. The van der Waals surface area contributed by atoms with Gasteiger partial charge in [0.25, 0.3) is 11.0 Å². The van der Waals surface area contributed by atoms with Crippen molar-refractivity contribution in [1.82, 2.24) is 34.8 Å². The number of pyridine rings is 1. The molecule has 0 aliphatic rings. The number of hydrogen-bond acceptors (Lipinski definition) is 8. The van der Waals surface area contributed by atoms with Crippen molar-refractivity contribution in [2.45, 2.75) is 10.2 Å². The van der Waals surface area contributed by atoms with Crippen molar-refractivity contribution < 1.29 is 8.81 Å². The first-order valence-electron chi connectivity index (χ1n) is 8.15. The average Bonchev–Trinajstić information content (AvgIpc) is 3.39. The van der Waals surface area contributed by atoms with Gasteiger partial charge in [-0.1, -0.05) is 0 Å². The largest absolute Gasteiger partial charge is 0.411 e. The standard InChI is InChI=1S/C18H10FN7OS/c19-13-5-3-11(4-6-13)14-8-15(26-17(23-14)21-10-22-26)28-18-25-24-16(27-18)12-2-1-7-20-9-12/h1-10H. The Morgan fingerprint density at radius 2 is 1.93 bits per heavy atom. The highest BCUT2D eigenvalue weighted by molar-refractivity contribution is 7.99. The van der Waals surface area contributed by atoms with Gasteiger partial charge in [-0.25, -0.2) is 9.37 Å². The molecule has 0 N–H and O–H groups in total. The summed E-state index contributed by atoms with van der Waals surface area (Å²) in [5.41, 5.74) is 2.12. The summed E-state index contributed by atoms with van der Waals surface area (Å²) in [6.07, 6.45) is 4.73. The number of halogens is 1. The third-order valence-corrected chi connectivity index (χ3v) is 4.71. The van der Waals surface area contributed by atoms with Crippen molar-refractivity contribution in [2.24, 2.45) is 0 Å². The average molecular weight is 391 g/mol. The van der Waals surface area contributed by atoms with Crippen LogP contribution < -0.4 is 0 Å². The van der Waals surface area contributed by atoms with E-state index in [9.17, 15) is 4.39 Å². The summed E-state index contributed by atoms with van der Waals surface area (Å²) in [6, 6.07) is 11.5. The first-order valence-corrected chi connectivity index (χ1v) is 8.96. The molecule has 0 radical (unpaired) electrons. The highest BCUT2D eigenvalue weighted by Gasteiger charge is 2.15. The summed E-state index contributed by atoms with van der Waals surface area (Å²) < 4.78 is 20.5. The van der Waals surface area contributed by atoms with Gasteiger partial charge in [0, 0.05) is 18.0 Å². The molecule has 0 saturated heterocycles. The number of aromatic nitrogens is 7. The Hall–Kier alpha value is -3.66. The lowest BCUT2D eigenvalue weighted by atomic mass is 10.1. The fourth-order valence-electron chi connectivity index (χ4n) is 2.57. The zero-order chi connectivity index (χ0) is 18.9. The van der Waals surface area contributed by atoms with Crippen LogP contribution in [0, 0.1) is 5.82 Å².